The van der Waals surface area contributed by atoms with Crippen molar-refractivity contribution < 1.29 is 31.1 Å². The molecule has 1 unspecified atom stereocenters. The lowest BCUT2D eigenvalue weighted by Crippen LogP contribution is -2.07. The number of hydrogen-bond acceptors (Lipinski definition) is 3. The van der Waals surface area contributed by atoms with Crippen LogP contribution in [0.1, 0.15) is 21.9 Å². The molecular formula is C16H11F6NOS. The molecule has 0 saturated carbocycles. The number of rotatable bonds is 4. The van der Waals surface area contributed by atoms with Gasteiger partial charge in [0.05, 0.1) is 16.4 Å². The Morgan fingerprint density at radius 2 is 1.52 bits per heavy atom. The van der Waals surface area contributed by atoms with Gasteiger partial charge in [-0.15, -0.1) is 11.8 Å². The number of halogens is 6. The zero-order chi connectivity index (χ0) is 18.8. The van der Waals surface area contributed by atoms with Crippen LogP contribution in [0, 0.1) is 0 Å². The first-order chi connectivity index (χ1) is 11.5. The number of nitrogens with two attached hydrogens (primary N) is 1. The van der Waals surface area contributed by atoms with Gasteiger partial charge in [0.25, 0.3) is 0 Å². The lowest BCUT2D eigenvalue weighted by Gasteiger charge is -2.15. The molecule has 0 heterocycles. The minimum atomic E-state index is -4.57. The summed E-state index contributed by atoms with van der Waals surface area (Å²) in [6.07, 6.45) is -8.72. The molecule has 2 aromatic rings. The van der Waals surface area contributed by atoms with Gasteiger partial charge in [0.1, 0.15) is 6.29 Å². The van der Waals surface area contributed by atoms with Crippen LogP contribution in [0.15, 0.2) is 47.4 Å². The monoisotopic (exact) mass is 379 g/mol. The molecule has 0 aliphatic heterocycles. The molecule has 134 valence electrons. The topological polar surface area (TPSA) is 43.1 Å². The van der Waals surface area contributed by atoms with Crippen molar-refractivity contribution in [1.82, 2.24) is 0 Å². The Kier molecular flexibility index (Phi) is 5.36. The molecule has 0 spiro atoms. The number of anilines is 1. The summed E-state index contributed by atoms with van der Waals surface area (Å²) in [6, 6.07) is 6.79. The SMILES string of the molecule is Nc1cc(C(F)(F)F)ccc1SC(C=O)c1cccc(C(F)(F)F)c1. The highest BCUT2D eigenvalue weighted by atomic mass is 32.2. The summed E-state index contributed by atoms with van der Waals surface area (Å²) in [7, 11) is 0. The zero-order valence-electron chi connectivity index (χ0n) is 12.4. The van der Waals surface area contributed by atoms with Crippen molar-refractivity contribution in [1.29, 1.82) is 0 Å². The number of carbonyl (C=O) groups excluding carboxylic acids is 1. The minimum absolute atomic E-state index is 0.0779. The van der Waals surface area contributed by atoms with Gasteiger partial charge in [-0.1, -0.05) is 18.2 Å². The van der Waals surface area contributed by atoms with Crippen LogP contribution in [0.4, 0.5) is 32.0 Å². The fourth-order valence-corrected chi connectivity index (χ4v) is 2.99. The minimum Gasteiger partial charge on any atom is -0.398 e. The lowest BCUT2D eigenvalue weighted by atomic mass is 10.1. The van der Waals surface area contributed by atoms with Crippen LogP contribution in [0.3, 0.4) is 0 Å². The summed E-state index contributed by atoms with van der Waals surface area (Å²) in [5.74, 6) is 0. The van der Waals surface area contributed by atoms with Gasteiger partial charge >= 0.3 is 12.4 Å². The normalized spacial score (nSPS) is 13.5. The van der Waals surface area contributed by atoms with E-state index in [0.717, 1.165) is 48.2 Å². The van der Waals surface area contributed by atoms with E-state index >= 15 is 0 Å². The molecule has 0 aliphatic rings. The summed E-state index contributed by atoms with van der Waals surface area (Å²) in [4.78, 5) is 11.5. The van der Waals surface area contributed by atoms with Crippen molar-refractivity contribution in [3.63, 3.8) is 0 Å². The van der Waals surface area contributed by atoms with Crippen LogP contribution in [-0.2, 0) is 17.1 Å². The third kappa shape index (κ3) is 4.68. The van der Waals surface area contributed by atoms with Gasteiger partial charge in [-0.05, 0) is 29.8 Å². The molecule has 0 amide bonds. The molecule has 2 nitrogen and oxygen atoms in total. The van der Waals surface area contributed by atoms with Gasteiger partial charge in [-0.25, -0.2) is 0 Å². The third-order valence-electron chi connectivity index (χ3n) is 3.26. The Morgan fingerprint density at radius 1 is 0.920 bits per heavy atom. The Morgan fingerprint density at radius 3 is 2.04 bits per heavy atom. The predicted octanol–water partition coefficient (Wildman–Crippen LogP) is 5.34. The van der Waals surface area contributed by atoms with Gasteiger partial charge in [0.2, 0.25) is 0 Å². The largest absolute Gasteiger partial charge is 0.416 e. The van der Waals surface area contributed by atoms with Gasteiger partial charge < -0.3 is 10.5 Å². The Balaban J connectivity index is 2.30. The Bertz CT molecular complexity index is 772. The molecular weight excluding hydrogens is 368 g/mol. The second kappa shape index (κ2) is 6.99. The van der Waals surface area contributed by atoms with E-state index in [9.17, 15) is 31.1 Å². The van der Waals surface area contributed by atoms with E-state index in [1.807, 2.05) is 0 Å². The molecule has 0 radical (unpaired) electrons. The van der Waals surface area contributed by atoms with E-state index in [1.54, 1.807) is 0 Å². The molecule has 2 N–H and O–H groups in total. The first kappa shape index (κ1) is 19.2. The number of hydrogen-bond donors (Lipinski definition) is 1. The van der Waals surface area contributed by atoms with E-state index < -0.39 is 28.7 Å². The van der Waals surface area contributed by atoms with E-state index in [0.29, 0.717) is 6.29 Å². The van der Waals surface area contributed by atoms with E-state index in [-0.39, 0.29) is 16.1 Å². The molecule has 0 aromatic heterocycles. The number of thioether (sulfide) groups is 1. The number of aldehydes is 1. The first-order valence-electron chi connectivity index (χ1n) is 6.78. The fraction of sp³-hybridized carbons (Fsp3) is 0.188. The average Bonchev–Trinajstić information content (AvgIpc) is 2.52. The molecule has 2 aromatic carbocycles. The van der Waals surface area contributed by atoms with Crippen molar-refractivity contribution in [2.45, 2.75) is 22.5 Å². The summed E-state index contributed by atoms with van der Waals surface area (Å²) in [5, 5.41) is -1.04. The Hall–Kier alpha value is -2.16. The quantitative estimate of drug-likeness (QED) is 0.338. The standard InChI is InChI=1S/C16H11F6NOS/c17-15(18,19)10-3-1-2-9(6-10)14(8-24)25-13-5-4-11(7-12(13)23)16(20,21)22/h1-8,14H,23H2. The molecule has 0 fully saturated rings. The van der Waals surface area contributed by atoms with Crippen LogP contribution < -0.4 is 5.73 Å². The fourth-order valence-electron chi connectivity index (χ4n) is 2.04. The smallest absolute Gasteiger partial charge is 0.398 e. The van der Waals surface area contributed by atoms with Crippen LogP contribution in [0.2, 0.25) is 0 Å². The van der Waals surface area contributed by atoms with Crippen LogP contribution in [-0.4, -0.2) is 6.29 Å². The molecule has 1 atom stereocenters. The summed E-state index contributed by atoms with van der Waals surface area (Å²) >= 11 is 0.779. The van der Waals surface area contributed by atoms with Crippen LogP contribution in [0.25, 0.3) is 0 Å². The van der Waals surface area contributed by atoms with E-state index in [2.05, 4.69) is 0 Å². The first-order valence-corrected chi connectivity index (χ1v) is 7.66. The van der Waals surface area contributed by atoms with E-state index in [1.165, 1.54) is 6.07 Å². The summed E-state index contributed by atoms with van der Waals surface area (Å²) < 4.78 is 76.2. The number of nitrogen functional groups attached to an aromatic ring is 1. The van der Waals surface area contributed by atoms with Gasteiger partial charge in [0.15, 0.2) is 0 Å². The van der Waals surface area contributed by atoms with Gasteiger partial charge in [-0.3, -0.25) is 0 Å². The number of alkyl halides is 6. The molecule has 0 bridgehead atoms. The second-order valence-corrected chi connectivity index (χ2v) is 6.23. The van der Waals surface area contributed by atoms with Crippen molar-refractivity contribution >= 4 is 23.7 Å². The molecule has 9 heteroatoms. The van der Waals surface area contributed by atoms with Crippen LogP contribution in [0.5, 0.6) is 0 Å². The summed E-state index contributed by atoms with van der Waals surface area (Å²) in [6.45, 7) is 0. The maximum atomic E-state index is 12.8. The van der Waals surface area contributed by atoms with Gasteiger partial charge in [0, 0.05) is 10.6 Å². The zero-order valence-corrected chi connectivity index (χ0v) is 13.2. The van der Waals surface area contributed by atoms with Crippen molar-refractivity contribution in [2.24, 2.45) is 0 Å². The molecule has 25 heavy (non-hydrogen) atoms. The second-order valence-electron chi connectivity index (χ2n) is 5.05. The van der Waals surface area contributed by atoms with Crippen LogP contribution >= 0.6 is 11.8 Å². The molecule has 0 saturated heterocycles. The summed E-state index contributed by atoms with van der Waals surface area (Å²) in [5.41, 5.74) is 3.58. The van der Waals surface area contributed by atoms with Crippen molar-refractivity contribution in [3.8, 4) is 0 Å². The van der Waals surface area contributed by atoms with Gasteiger partial charge in [-0.2, -0.15) is 26.3 Å². The maximum absolute atomic E-state index is 12.8. The highest BCUT2D eigenvalue weighted by molar-refractivity contribution is 8.00. The molecule has 0 aliphatic carbocycles. The molecule has 2 rings (SSSR count). The maximum Gasteiger partial charge on any atom is 0.416 e. The van der Waals surface area contributed by atoms with E-state index in [4.69, 9.17) is 5.73 Å². The highest BCUT2D eigenvalue weighted by Crippen LogP contribution is 2.40. The predicted molar refractivity (Wildman–Crippen MR) is 82.0 cm³/mol. The highest BCUT2D eigenvalue weighted by Gasteiger charge is 2.32. The average molecular weight is 379 g/mol. The van der Waals surface area contributed by atoms with Crippen molar-refractivity contribution in [2.75, 3.05) is 5.73 Å². The number of benzene rings is 2. The number of carbonyl (C=O) groups is 1. The van der Waals surface area contributed by atoms with Crippen molar-refractivity contribution in [3.05, 3.63) is 59.2 Å². The Labute approximate surface area is 143 Å². The lowest BCUT2D eigenvalue weighted by molar-refractivity contribution is -0.138. The third-order valence-corrected chi connectivity index (χ3v) is 4.52.